The van der Waals surface area contributed by atoms with Crippen molar-refractivity contribution < 1.29 is 4.79 Å². The quantitative estimate of drug-likeness (QED) is 0.837. The molecule has 5 heteroatoms. The van der Waals surface area contributed by atoms with Crippen LogP contribution in [0.15, 0.2) is 0 Å². The molecule has 0 radical (unpaired) electrons. The van der Waals surface area contributed by atoms with Gasteiger partial charge in [-0.1, -0.05) is 20.8 Å². The van der Waals surface area contributed by atoms with Gasteiger partial charge < -0.3 is 5.32 Å². The summed E-state index contributed by atoms with van der Waals surface area (Å²) < 4.78 is 0. The highest BCUT2D eigenvalue weighted by Gasteiger charge is 2.31. The lowest BCUT2D eigenvalue weighted by Gasteiger charge is -2.33. The molecule has 1 amide bonds. The molecule has 0 aromatic heterocycles. The number of nitrogens with zero attached hydrogens (tertiary/aromatic N) is 2. The van der Waals surface area contributed by atoms with Crippen molar-refractivity contribution in [2.45, 2.75) is 44.9 Å². The van der Waals surface area contributed by atoms with Gasteiger partial charge in [0.1, 0.15) is 5.54 Å². The molecule has 1 fully saturated rings. The van der Waals surface area contributed by atoms with Crippen molar-refractivity contribution in [1.82, 2.24) is 10.2 Å². The summed E-state index contributed by atoms with van der Waals surface area (Å²) in [6.45, 7) is 10.2. The summed E-state index contributed by atoms with van der Waals surface area (Å²) >= 11 is 1.99. The monoisotopic (exact) mass is 283 g/mol. The van der Waals surface area contributed by atoms with Crippen LogP contribution in [0.4, 0.5) is 0 Å². The number of hydrogen-bond acceptors (Lipinski definition) is 4. The first-order valence-corrected chi connectivity index (χ1v) is 8.02. The molecule has 0 bridgehead atoms. The fourth-order valence-corrected chi connectivity index (χ4v) is 3.25. The van der Waals surface area contributed by atoms with Crippen molar-refractivity contribution >= 4 is 17.7 Å². The molecule has 0 aromatic carbocycles. The average Bonchev–Trinajstić information content (AvgIpc) is 2.38. The number of carbonyl (C=O) groups excluding carboxylic acids is 1. The zero-order valence-corrected chi connectivity index (χ0v) is 13.2. The smallest absolute Gasteiger partial charge is 0.235 e. The van der Waals surface area contributed by atoms with Gasteiger partial charge >= 0.3 is 0 Å². The van der Waals surface area contributed by atoms with Gasteiger partial charge in [-0.2, -0.15) is 17.0 Å². The van der Waals surface area contributed by atoms with E-state index in [4.69, 9.17) is 0 Å². The number of thioether (sulfide) groups is 1. The van der Waals surface area contributed by atoms with Crippen LogP contribution < -0.4 is 5.32 Å². The van der Waals surface area contributed by atoms with Gasteiger partial charge in [-0.15, -0.1) is 0 Å². The van der Waals surface area contributed by atoms with Gasteiger partial charge in [0.15, 0.2) is 0 Å². The van der Waals surface area contributed by atoms with E-state index in [-0.39, 0.29) is 11.8 Å². The van der Waals surface area contributed by atoms with E-state index in [1.807, 2.05) is 25.6 Å². The standard InChI is InChI=1S/C14H25N3OS/c1-5-12-8-17(6-7-19-12)9-13(18)16-14(4,10-15)11(2)3/h11-12H,5-9H2,1-4H3,(H,16,18)/t12-,14+/m0/s1. The third-order valence-electron chi connectivity index (χ3n) is 3.83. The molecular formula is C14H25N3OS. The molecule has 1 rings (SSSR count). The second kappa shape index (κ2) is 7.16. The van der Waals surface area contributed by atoms with Crippen molar-refractivity contribution in [1.29, 1.82) is 5.26 Å². The van der Waals surface area contributed by atoms with Crippen molar-refractivity contribution in [2.24, 2.45) is 5.92 Å². The summed E-state index contributed by atoms with van der Waals surface area (Å²) in [7, 11) is 0. The van der Waals surface area contributed by atoms with Gasteiger partial charge in [-0.05, 0) is 19.3 Å². The predicted octanol–water partition coefficient (Wildman–Crippen LogP) is 1.87. The third kappa shape index (κ3) is 4.70. The van der Waals surface area contributed by atoms with Crippen LogP contribution in [0.1, 0.15) is 34.1 Å². The van der Waals surface area contributed by atoms with Gasteiger partial charge in [0.2, 0.25) is 5.91 Å². The van der Waals surface area contributed by atoms with E-state index in [1.54, 1.807) is 6.92 Å². The maximum absolute atomic E-state index is 12.1. The SMILES string of the molecule is CC[C@H]1CN(CC(=O)N[C@](C)(C#N)C(C)C)CCS1. The Hall–Kier alpha value is -0.730. The second-order valence-electron chi connectivity index (χ2n) is 5.65. The number of nitrogens with one attached hydrogen (secondary N) is 1. The van der Waals surface area contributed by atoms with E-state index in [0.29, 0.717) is 11.8 Å². The summed E-state index contributed by atoms with van der Waals surface area (Å²) in [6, 6.07) is 2.21. The summed E-state index contributed by atoms with van der Waals surface area (Å²) in [5.74, 6) is 1.15. The predicted molar refractivity (Wildman–Crippen MR) is 80.0 cm³/mol. The van der Waals surface area contributed by atoms with Crippen molar-refractivity contribution in [3.63, 3.8) is 0 Å². The molecule has 108 valence electrons. The lowest BCUT2D eigenvalue weighted by atomic mass is 9.90. The van der Waals surface area contributed by atoms with E-state index in [9.17, 15) is 10.1 Å². The Morgan fingerprint density at radius 2 is 2.32 bits per heavy atom. The molecule has 4 nitrogen and oxygen atoms in total. The van der Waals surface area contributed by atoms with E-state index in [2.05, 4.69) is 23.2 Å². The normalized spacial score (nSPS) is 23.7. The van der Waals surface area contributed by atoms with Gasteiger partial charge in [-0.25, -0.2) is 0 Å². The van der Waals surface area contributed by atoms with Crippen LogP contribution in [0.5, 0.6) is 0 Å². The minimum Gasteiger partial charge on any atom is -0.337 e. The molecule has 0 unspecified atom stereocenters. The summed E-state index contributed by atoms with van der Waals surface area (Å²) in [5, 5.41) is 12.7. The highest BCUT2D eigenvalue weighted by molar-refractivity contribution is 8.00. The largest absolute Gasteiger partial charge is 0.337 e. The Kier molecular flexibility index (Phi) is 6.15. The van der Waals surface area contributed by atoms with E-state index < -0.39 is 5.54 Å². The Labute approximate surface area is 120 Å². The number of carbonyl (C=O) groups is 1. The molecule has 19 heavy (non-hydrogen) atoms. The van der Waals surface area contributed by atoms with Crippen molar-refractivity contribution in [3.8, 4) is 6.07 Å². The lowest BCUT2D eigenvalue weighted by Crippen LogP contribution is -2.53. The topological polar surface area (TPSA) is 56.1 Å². The maximum Gasteiger partial charge on any atom is 0.235 e. The van der Waals surface area contributed by atoms with Crippen LogP contribution in [-0.4, -0.2) is 47.0 Å². The fourth-order valence-electron chi connectivity index (χ4n) is 2.00. The molecule has 1 N–H and O–H groups in total. The zero-order valence-electron chi connectivity index (χ0n) is 12.4. The Bertz CT molecular complexity index is 353. The van der Waals surface area contributed by atoms with Crippen LogP contribution in [0.25, 0.3) is 0 Å². The zero-order chi connectivity index (χ0) is 14.5. The Morgan fingerprint density at radius 1 is 1.63 bits per heavy atom. The van der Waals surface area contributed by atoms with Gasteiger partial charge in [0.05, 0.1) is 12.6 Å². The summed E-state index contributed by atoms with van der Waals surface area (Å²) in [5.41, 5.74) is -0.772. The van der Waals surface area contributed by atoms with Gasteiger partial charge in [0, 0.05) is 24.1 Å². The van der Waals surface area contributed by atoms with E-state index in [1.165, 1.54) is 0 Å². The molecule has 1 aliphatic heterocycles. The van der Waals surface area contributed by atoms with Crippen LogP contribution in [0.2, 0.25) is 0 Å². The molecule has 1 aliphatic rings. The van der Waals surface area contributed by atoms with Crippen LogP contribution in [0.3, 0.4) is 0 Å². The first kappa shape index (κ1) is 16.3. The first-order chi connectivity index (χ1) is 8.91. The van der Waals surface area contributed by atoms with Crippen LogP contribution in [-0.2, 0) is 4.79 Å². The third-order valence-corrected chi connectivity index (χ3v) is 5.20. The highest BCUT2D eigenvalue weighted by Crippen LogP contribution is 2.21. The summed E-state index contributed by atoms with van der Waals surface area (Å²) in [4.78, 5) is 14.3. The average molecular weight is 283 g/mol. The minimum atomic E-state index is -0.772. The second-order valence-corrected chi connectivity index (χ2v) is 7.06. The van der Waals surface area contributed by atoms with Crippen molar-refractivity contribution in [2.75, 3.05) is 25.4 Å². The Balaban J connectivity index is 2.49. The first-order valence-electron chi connectivity index (χ1n) is 6.97. The molecule has 1 heterocycles. The molecule has 0 aliphatic carbocycles. The van der Waals surface area contributed by atoms with Gasteiger partial charge in [-0.3, -0.25) is 9.69 Å². The van der Waals surface area contributed by atoms with Gasteiger partial charge in [0.25, 0.3) is 0 Å². The number of nitriles is 1. The van der Waals surface area contributed by atoms with Crippen LogP contribution >= 0.6 is 11.8 Å². The molecule has 0 saturated carbocycles. The molecule has 1 saturated heterocycles. The molecule has 0 aromatic rings. The number of amides is 1. The number of rotatable bonds is 5. The molecular weight excluding hydrogens is 258 g/mol. The maximum atomic E-state index is 12.1. The fraction of sp³-hybridized carbons (Fsp3) is 0.857. The highest BCUT2D eigenvalue weighted by atomic mass is 32.2. The Morgan fingerprint density at radius 3 is 2.84 bits per heavy atom. The van der Waals surface area contributed by atoms with Crippen LogP contribution in [0, 0.1) is 17.2 Å². The minimum absolute atomic E-state index is 0.0421. The molecule has 2 atom stereocenters. The molecule has 0 spiro atoms. The number of hydrogen-bond donors (Lipinski definition) is 1. The summed E-state index contributed by atoms with van der Waals surface area (Å²) in [6.07, 6.45) is 1.14. The van der Waals surface area contributed by atoms with E-state index in [0.717, 1.165) is 25.3 Å². The van der Waals surface area contributed by atoms with Crippen molar-refractivity contribution in [3.05, 3.63) is 0 Å². The lowest BCUT2D eigenvalue weighted by molar-refractivity contribution is -0.123. The van der Waals surface area contributed by atoms with E-state index >= 15 is 0 Å².